The second-order valence-electron chi connectivity index (χ2n) is 5.38. The van der Waals surface area contributed by atoms with E-state index in [1.54, 1.807) is 39.2 Å². The summed E-state index contributed by atoms with van der Waals surface area (Å²) in [7, 11) is 1.54. The smallest absolute Gasteiger partial charge is 0.338 e. The number of methoxy groups -OCH3 is 1. The minimum atomic E-state index is -0.786. The Morgan fingerprint density at radius 3 is 2.52 bits per heavy atom. The highest BCUT2D eigenvalue weighted by atomic mass is 35.5. The van der Waals surface area contributed by atoms with Crippen molar-refractivity contribution in [2.75, 3.05) is 26.9 Å². The summed E-state index contributed by atoms with van der Waals surface area (Å²) in [6.45, 7) is 4.26. The topological polar surface area (TPSA) is 67.9 Å². The average Bonchev–Trinajstić information content (AvgIpc) is 2.54. The second kappa shape index (κ2) is 8.56. The second-order valence-corrected chi connectivity index (χ2v) is 6.20. The van der Waals surface area contributed by atoms with Crippen LogP contribution in [0.1, 0.15) is 25.5 Å². The van der Waals surface area contributed by atoms with Crippen LogP contribution in [0.2, 0.25) is 10.0 Å². The zero-order valence-corrected chi connectivity index (χ0v) is 15.8. The van der Waals surface area contributed by atoms with Gasteiger partial charge in [-0.25, -0.2) is 9.59 Å². The van der Waals surface area contributed by atoms with Crippen LogP contribution in [0.15, 0.2) is 29.5 Å². The van der Waals surface area contributed by atoms with Crippen LogP contribution in [0.5, 0.6) is 0 Å². The number of nitrogens with one attached hydrogen (secondary N) is 1. The normalized spacial score (nSPS) is 17.6. The van der Waals surface area contributed by atoms with Crippen molar-refractivity contribution < 1.29 is 19.1 Å². The van der Waals surface area contributed by atoms with Crippen LogP contribution in [0, 0.1) is 0 Å². The van der Waals surface area contributed by atoms with Gasteiger partial charge in [0.2, 0.25) is 0 Å². The first-order chi connectivity index (χ1) is 11.9. The molecule has 0 saturated heterocycles. The van der Waals surface area contributed by atoms with E-state index in [-0.39, 0.29) is 12.6 Å². The maximum atomic E-state index is 12.6. The fraction of sp³-hybridized carbons (Fsp3) is 0.412. The molecule has 1 aliphatic rings. The number of rotatable bonds is 6. The summed E-state index contributed by atoms with van der Waals surface area (Å²) in [5, 5.41) is 3.52. The number of amides is 2. The van der Waals surface area contributed by atoms with Crippen LogP contribution < -0.4 is 5.32 Å². The molecule has 0 spiro atoms. The minimum absolute atomic E-state index is 0.213. The maximum Gasteiger partial charge on any atom is 0.338 e. The summed E-state index contributed by atoms with van der Waals surface area (Å²) in [6, 6.07) is 3.87. The monoisotopic (exact) mass is 386 g/mol. The van der Waals surface area contributed by atoms with E-state index < -0.39 is 12.0 Å². The Morgan fingerprint density at radius 2 is 1.96 bits per heavy atom. The fourth-order valence-electron chi connectivity index (χ4n) is 2.71. The molecule has 1 aromatic rings. The Morgan fingerprint density at radius 1 is 1.32 bits per heavy atom. The standard InChI is InChI=1S/C17H20Cl2N2O4/c1-4-25-16(22)13-10(2)21(8-9-24-3)17(23)20-15(13)14-11(18)6-5-7-12(14)19/h5-7,15H,4,8-9H2,1-3H3,(H,20,23). The summed E-state index contributed by atoms with van der Waals surface area (Å²) in [4.78, 5) is 26.5. The summed E-state index contributed by atoms with van der Waals surface area (Å²) >= 11 is 12.6. The highest BCUT2D eigenvalue weighted by molar-refractivity contribution is 6.36. The fourth-order valence-corrected chi connectivity index (χ4v) is 3.33. The third kappa shape index (κ3) is 4.08. The lowest BCUT2D eigenvalue weighted by atomic mass is 9.94. The number of urea groups is 1. The lowest BCUT2D eigenvalue weighted by molar-refractivity contribution is -0.139. The molecular formula is C17H20Cl2N2O4. The molecule has 1 aliphatic heterocycles. The van der Waals surface area contributed by atoms with Crippen molar-refractivity contribution in [3.8, 4) is 0 Å². The van der Waals surface area contributed by atoms with Gasteiger partial charge in [-0.1, -0.05) is 29.3 Å². The van der Waals surface area contributed by atoms with Crippen molar-refractivity contribution in [3.05, 3.63) is 45.1 Å². The Kier molecular flexibility index (Phi) is 6.70. The molecular weight excluding hydrogens is 367 g/mol. The molecule has 0 saturated carbocycles. The van der Waals surface area contributed by atoms with E-state index in [0.717, 1.165) is 0 Å². The van der Waals surface area contributed by atoms with Crippen molar-refractivity contribution in [2.45, 2.75) is 19.9 Å². The van der Waals surface area contributed by atoms with E-state index in [4.69, 9.17) is 32.7 Å². The van der Waals surface area contributed by atoms with Crippen LogP contribution in [0.4, 0.5) is 4.79 Å². The zero-order chi connectivity index (χ0) is 18.6. The van der Waals surface area contributed by atoms with Gasteiger partial charge in [-0.15, -0.1) is 0 Å². The summed E-state index contributed by atoms with van der Waals surface area (Å²) in [6.07, 6.45) is 0. The van der Waals surface area contributed by atoms with Crippen molar-refractivity contribution in [2.24, 2.45) is 0 Å². The van der Waals surface area contributed by atoms with E-state index in [1.807, 2.05) is 0 Å². The third-order valence-corrected chi connectivity index (χ3v) is 4.56. The quantitative estimate of drug-likeness (QED) is 0.759. The zero-order valence-electron chi connectivity index (χ0n) is 14.3. The Labute approximate surface area is 156 Å². The molecule has 1 unspecified atom stereocenters. The first-order valence-corrected chi connectivity index (χ1v) is 8.56. The number of nitrogens with zero attached hydrogens (tertiary/aromatic N) is 1. The molecule has 0 bridgehead atoms. The number of esters is 1. The Balaban J connectivity index is 2.56. The number of ether oxygens (including phenoxy) is 2. The van der Waals surface area contributed by atoms with E-state index in [0.29, 0.717) is 40.0 Å². The van der Waals surface area contributed by atoms with Crippen molar-refractivity contribution >= 4 is 35.2 Å². The molecule has 25 heavy (non-hydrogen) atoms. The molecule has 1 atom stereocenters. The van der Waals surface area contributed by atoms with Gasteiger partial charge < -0.3 is 14.8 Å². The number of benzene rings is 1. The molecule has 0 fully saturated rings. The van der Waals surface area contributed by atoms with Gasteiger partial charge in [-0.2, -0.15) is 0 Å². The van der Waals surface area contributed by atoms with Crippen LogP contribution >= 0.6 is 23.2 Å². The molecule has 1 N–H and O–H groups in total. The SMILES string of the molecule is CCOC(=O)C1=C(C)N(CCOC)C(=O)NC1c1c(Cl)cccc1Cl. The number of hydrogen-bond donors (Lipinski definition) is 1. The predicted molar refractivity (Wildman–Crippen MR) is 95.6 cm³/mol. The molecule has 1 heterocycles. The first-order valence-electron chi connectivity index (χ1n) is 7.81. The Bertz CT molecular complexity index is 686. The number of halogens is 2. The van der Waals surface area contributed by atoms with Gasteiger partial charge in [0.1, 0.15) is 0 Å². The van der Waals surface area contributed by atoms with Gasteiger partial charge >= 0.3 is 12.0 Å². The molecule has 0 aromatic heterocycles. The van der Waals surface area contributed by atoms with Gasteiger partial charge in [0.25, 0.3) is 0 Å². The average molecular weight is 387 g/mol. The van der Waals surface area contributed by atoms with Crippen LogP contribution in [0.3, 0.4) is 0 Å². The third-order valence-electron chi connectivity index (χ3n) is 3.90. The van der Waals surface area contributed by atoms with Gasteiger partial charge in [0.15, 0.2) is 0 Å². The van der Waals surface area contributed by atoms with Crippen LogP contribution in [-0.4, -0.2) is 43.8 Å². The Hall–Kier alpha value is -1.76. The van der Waals surface area contributed by atoms with E-state index in [1.165, 1.54) is 4.90 Å². The molecule has 6 nitrogen and oxygen atoms in total. The first kappa shape index (κ1) is 19.6. The van der Waals surface area contributed by atoms with Gasteiger partial charge in [0.05, 0.1) is 31.4 Å². The van der Waals surface area contributed by atoms with Gasteiger partial charge in [-0.3, -0.25) is 4.90 Å². The van der Waals surface area contributed by atoms with Crippen molar-refractivity contribution in [3.63, 3.8) is 0 Å². The lowest BCUT2D eigenvalue weighted by Gasteiger charge is -2.35. The molecule has 8 heteroatoms. The van der Waals surface area contributed by atoms with Gasteiger partial charge in [-0.05, 0) is 26.0 Å². The highest BCUT2D eigenvalue weighted by Crippen LogP contribution is 2.38. The molecule has 136 valence electrons. The highest BCUT2D eigenvalue weighted by Gasteiger charge is 2.38. The largest absolute Gasteiger partial charge is 0.463 e. The van der Waals surface area contributed by atoms with Crippen molar-refractivity contribution in [1.82, 2.24) is 10.2 Å². The van der Waals surface area contributed by atoms with Crippen molar-refractivity contribution in [1.29, 1.82) is 0 Å². The molecule has 2 rings (SSSR count). The molecule has 0 aliphatic carbocycles. The maximum absolute atomic E-state index is 12.6. The summed E-state index contributed by atoms with van der Waals surface area (Å²) in [5.41, 5.74) is 1.25. The van der Waals surface area contributed by atoms with Gasteiger partial charge in [0, 0.05) is 28.4 Å². The van der Waals surface area contributed by atoms with Crippen LogP contribution in [-0.2, 0) is 14.3 Å². The predicted octanol–water partition coefficient (Wildman–Crippen LogP) is 3.54. The number of hydrogen-bond acceptors (Lipinski definition) is 4. The summed E-state index contributed by atoms with van der Waals surface area (Å²) in [5.74, 6) is -0.525. The number of carbonyl (C=O) groups excluding carboxylic acids is 2. The van der Waals surface area contributed by atoms with E-state index in [2.05, 4.69) is 5.32 Å². The minimum Gasteiger partial charge on any atom is -0.463 e. The van der Waals surface area contributed by atoms with E-state index in [9.17, 15) is 9.59 Å². The number of allylic oxidation sites excluding steroid dienone is 1. The lowest BCUT2D eigenvalue weighted by Crippen LogP contribution is -2.49. The summed E-state index contributed by atoms with van der Waals surface area (Å²) < 4.78 is 10.2. The number of carbonyl (C=O) groups is 2. The molecule has 0 radical (unpaired) electrons. The van der Waals surface area contributed by atoms with Crippen LogP contribution in [0.25, 0.3) is 0 Å². The molecule has 1 aromatic carbocycles. The molecule has 2 amide bonds. The van der Waals surface area contributed by atoms with E-state index >= 15 is 0 Å².